The molecule has 1 aromatic carbocycles. The van der Waals surface area contributed by atoms with Gasteiger partial charge in [0.15, 0.2) is 17.4 Å². The molecule has 1 N–H and O–H groups in total. The maximum Gasteiger partial charge on any atom is 0.223 e. The fraction of sp³-hybridized carbons (Fsp3) is 0.385. The zero-order valence-electron chi connectivity index (χ0n) is 10.9. The summed E-state index contributed by atoms with van der Waals surface area (Å²) in [5, 5.41) is 6.92. The van der Waals surface area contributed by atoms with Crippen LogP contribution < -0.4 is 10.1 Å². The fourth-order valence-electron chi connectivity index (χ4n) is 1.72. The Morgan fingerprint density at radius 3 is 2.95 bits per heavy atom. The second-order valence-electron chi connectivity index (χ2n) is 4.09. The van der Waals surface area contributed by atoms with Crippen molar-refractivity contribution in [3.05, 3.63) is 41.3 Å². The molecule has 1 heterocycles. The number of benzene rings is 1. The summed E-state index contributed by atoms with van der Waals surface area (Å²) in [7, 11) is 1.45. The van der Waals surface area contributed by atoms with Gasteiger partial charge >= 0.3 is 0 Å². The van der Waals surface area contributed by atoms with Crippen molar-refractivity contribution in [2.45, 2.75) is 19.9 Å². The molecule has 5 nitrogen and oxygen atoms in total. The van der Waals surface area contributed by atoms with Crippen molar-refractivity contribution in [2.24, 2.45) is 0 Å². The van der Waals surface area contributed by atoms with Crippen molar-refractivity contribution in [1.29, 1.82) is 0 Å². The minimum atomic E-state index is -0.326. The number of ether oxygens (including phenoxy) is 1. The van der Waals surface area contributed by atoms with Crippen LogP contribution in [0.2, 0.25) is 0 Å². The van der Waals surface area contributed by atoms with Gasteiger partial charge in [-0.1, -0.05) is 17.3 Å². The molecular weight excluding hydrogens is 249 g/mol. The van der Waals surface area contributed by atoms with E-state index in [4.69, 9.17) is 9.26 Å². The van der Waals surface area contributed by atoms with Crippen molar-refractivity contribution < 1.29 is 13.7 Å². The van der Waals surface area contributed by atoms with Crippen LogP contribution in [0.4, 0.5) is 4.39 Å². The van der Waals surface area contributed by atoms with Gasteiger partial charge < -0.3 is 14.6 Å². The zero-order valence-corrected chi connectivity index (χ0v) is 10.9. The normalized spacial score (nSPS) is 10.7. The van der Waals surface area contributed by atoms with Gasteiger partial charge in [-0.2, -0.15) is 4.98 Å². The largest absolute Gasteiger partial charge is 0.494 e. The maximum atomic E-state index is 13.8. The van der Waals surface area contributed by atoms with E-state index in [1.807, 2.05) is 0 Å². The summed E-state index contributed by atoms with van der Waals surface area (Å²) in [5.74, 6) is 1.13. The minimum absolute atomic E-state index is 0.257. The molecule has 0 aliphatic rings. The summed E-state index contributed by atoms with van der Waals surface area (Å²) in [6, 6.07) is 5.09. The summed E-state index contributed by atoms with van der Waals surface area (Å²) in [6.07, 6.45) is 0.642. The second-order valence-corrected chi connectivity index (χ2v) is 4.09. The number of hydrogen-bond donors (Lipinski definition) is 1. The van der Waals surface area contributed by atoms with E-state index in [0.29, 0.717) is 36.8 Å². The van der Waals surface area contributed by atoms with Crippen LogP contribution in [-0.4, -0.2) is 23.8 Å². The summed E-state index contributed by atoms with van der Waals surface area (Å²) in [6.45, 7) is 2.82. The topological polar surface area (TPSA) is 60.2 Å². The number of nitrogens with zero attached hydrogens (tertiary/aromatic N) is 2. The molecule has 2 rings (SSSR count). The van der Waals surface area contributed by atoms with Crippen molar-refractivity contribution in [1.82, 2.24) is 15.5 Å². The SMILES string of the molecule is COc1cccc(CNCCc2noc(C)n2)c1F. The predicted octanol–water partition coefficient (Wildman–Crippen LogP) is 1.86. The molecule has 0 fully saturated rings. The predicted molar refractivity (Wildman–Crippen MR) is 67.4 cm³/mol. The Balaban J connectivity index is 1.82. The van der Waals surface area contributed by atoms with Crippen LogP contribution in [0.1, 0.15) is 17.3 Å². The van der Waals surface area contributed by atoms with Gasteiger partial charge in [-0.05, 0) is 6.07 Å². The number of aromatic nitrogens is 2. The standard InChI is InChI=1S/C13H16FN3O2/c1-9-16-12(17-19-9)6-7-15-8-10-4-3-5-11(18-2)13(10)14/h3-5,15H,6-8H2,1-2H3. The second kappa shape index (κ2) is 6.29. The van der Waals surface area contributed by atoms with E-state index in [1.54, 1.807) is 25.1 Å². The van der Waals surface area contributed by atoms with Crippen molar-refractivity contribution in [3.63, 3.8) is 0 Å². The van der Waals surface area contributed by atoms with E-state index in [9.17, 15) is 4.39 Å². The Morgan fingerprint density at radius 1 is 1.42 bits per heavy atom. The lowest BCUT2D eigenvalue weighted by Gasteiger charge is -2.07. The smallest absolute Gasteiger partial charge is 0.223 e. The molecule has 0 saturated carbocycles. The molecular formula is C13H16FN3O2. The minimum Gasteiger partial charge on any atom is -0.494 e. The van der Waals surface area contributed by atoms with Crippen LogP contribution in [0.15, 0.2) is 22.7 Å². The first-order valence-corrected chi connectivity index (χ1v) is 6.02. The number of aryl methyl sites for hydroxylation is 1. The molecule has 0 bridgehead atoms. The van der Waals surface area contributed by atoms with Gasteiger partial charge in [-0.15, -0.1) is 0 Å². The summed E-state index contributed by atoms with van der Waals surface area (Å²) in [5.41, 5.74) is 0.573. The highest BCUT2D eigenvalue weighted by Crippen LogP contribution is 2.19. The van der Waals surface area contributed by atoms with Crippen LogP contribution in [-0.2, 0) is 13.0 Å². The van der Waals surface area contributed by atoms with Gasteiger partial charge in [-0.25, -0.2) is 4.39 Å². The Kier molecular flexibility index (Phi) is 4.46. The highest BCUT2D eigenvalue weighted by Gasteiger charge is 2.08. The van der Waals surface area contributed by atoms with Gasteiger partial charge in [0.05, 0.1) is 7.11 Å². The first kappa shape index (κ1) is 13.5. The van der Waals surface area contributed by atoms with Gasteiger partial charge in [0, 0.05) is 32.0 Å². The molecule has 0 aliphatic heterocycles. The van der Waals surface area contributed by atoms with Gasteiger partial charge in [-0.3, -0.25) is 0 Å². The molecule has 6 heteroatoms. The van der Waals surface area contributed by atoms with Crippen molar-refractivity contribution in [2.75, 3.05) is 13.7 Å². The monoisotopic (exact) mass is 265 g/mol. The highest BCUT2D eigenvalue weighted by molar-refractivity contribution is 5.30. The molecule has 0 saturated heterocycles. The van der Waals surface area contributed by atoms with E-state index < -0.39 is 0 Å². The lowest BCUT2D eigenvalue weighted by Crippen LogP contribution is -2.18. The van der Waals surface area contributed by atoms with E-state index in [-0.39, 0.29) is 11.6 Å². The van der Waals surface area contributed by atoms with E-state index in [0.717, 1.165) is 0 Å². The molecule has 1 aromatic heterocycles. The number of methoxy groups -OCH3 is 1. The fourth-order valence-corrected chi connectivity index (χ4v) is 1.72. The first-order valence-electron chi connectivity index (χ1n) is 6.02. The molecule has 2 aromatic rings. The quantitative estimate of drug-likeness (QED) is 0.808. The summed E-state index contributed by atoms with van der Waals surface area (Å²) >= 11 is 0. The third kappa shape index (κ3) is 3.51. The number of rotatable bonds is 6. The molecule has 102 valence electrons. The Hall–Kier alpha value is -1.95. The number of nitrogens with one attached hydrogen (secondary N) is 1. The van der Waals surface area contributed by atoms with Gasteiger partial charge in [0.25, 0.3) is 0 Å². The lowest BCUT2D eigenvalue weighted by atomic mass is 10.2. The molecule has 0 atom stereocenters. The summed E-state index contributed by atoms with van der Waals surface area (Å²) < 4.78 is 23.6. The third-order valence-corrected chi connectivity index (χ3v) is 2.67. The molecule has 19 heavy (non-hydrogen) atoms. The molecule has 0 amide bonds. The van der Waals surface area contributed by atoms with Gasteiger partial charge in [0.1, 0.15) is 0 Å². The van der Waals surface area contributed by atoms with E-state index >= 15 is 0 Å². The van der Waals surface area contributed by atoms with Crippen molar-refractivity contribution in [3.8, 4) is 5.75 Å². The highest BCUT2D eigenvalue weighted by atomic mass is 19.1. The van der Waals surface area contributed by atoms with Gasteiger partial charge in [0.2, 0.25) is 5.89 Å². The third-order valence-electron chi connectivity index (χ3n) is 2.67. The summed E-state index contributed by atoms with van der Waals surface area (Å²) in [4.78, 5) is 4.09. The number of hydrogen-bond acceptors (Lipinski definition) is 5. The van der Waals surface area contributed by atoms with Crippen molar-refractivity contribution >= 4 is 0 Å². The molecule has 0 unspecified atom stereocenters. The Labute approximate surface area is 110 Å². The van der Waals surface area contributed by atoms with Crippen LogP contribution in [0, 0.1) is 12.7 Å². The molecule has 0 radical (unpaired) electrons. The van der Waals surface area contributed by atoms with E-state index in [2.05, 4.69) is 15.5 Å². The maximum absolute atomic E-state index is 13.8. The average molecular weight is 265 g/mol. The van der Waals surface area contributed by atoms with Crippen LogP contribution >= 0.6 is 0 Å². The van der Waals surface area contributed by atoms with Crippen LogP contribution in [0.5, 0.6) is 5.75 Å². The Morgan fingerprint density at radius 2 is 2.26 bits per heavy atom. The zero-order chi connectivity index (χ0) is 13.7. The first-order chi connectivity index (χ1) is 9.20. The molecule has 0 spiro atoms. The average Bonchev–Trinajstić information content (AvgIpc) is 2.82. The number of halogens is 1. The Bertz CT molecular complexity index is 542. The lowest BCUT2D eigenvalue weighted by molar-refractivity contribution is 0.383. The van der Waals surface area contributed by atoms with Crippen LogP contribution in [0.3, 0.4) is 0 Å². The molecule has 0 aliphatic carbocycles. The van der Waals surface area contributed by atoms with E-state index in [1.165, 1.54) is 7.11 Å². The van der Waals surface area contributed by atoms with Crippen LogP contribution in [0.25, 0.3) is 0 Å².